The van der Waals surface area contributed by atoms with Crippen molar-refractivity contribution in [3.05, 3.63) is 102 Å². The molecule has 0 bridgehead atoms. The lowest BCUT2D eigenvalue weighted by molar-refractivity contribution is -0.141. The number of rotatable bonds is 6. The van der Waals surface area contributed by atoms with Crippen molar-refractivity contribution < 1.29 is 26.3 Å². The van der Waals surface area contributed by atoms with Crippen LogP contribution in [0.2, 0.25) is 0 Å². The second-order valence-electron chi connectivity index (χ2n) is 8.48. The zero-order valence-corrected chi connectivity index (χ0v) is 21.5. The Morgan fingerprint density at radius 1 is 0.923 bits per heavy atom. The summed E-state index contributed by atoms with van der Waals surface area (Å²) in [7, 11) is 0. The summed E-state index contributed by atoms with van der Waals surface area (Å²) in [5.74, 6) is 6.50. The first-order valence-corrected chi connectivity index (χ1v) is 12.6. The lowest BCUT2D eigenvalue weighted by Crippen LogP contribution is -2.31. The lowest BCUT2D eigenvalue weighted by Gasteiger charge is -2.26. The van der Waals surface area contributed by atoms with Gasteiger partial charge in [0.1, 0.15) is 5.82 Å². The first kappa shape index (κ1) is 28.1. The number of aromatic nitrogens is 2. The molecule has 39 heavy (non-hydrogen) atoms. The van der Waals surface area contributed by atoms with Crippen molar-refractivity contribution in [1.82, 2.24) is 9.55 Å². The first-order chi connectivity index (χ1) is 18.3. The highest BCUT2D eigenvalue weighted by atomic mass is 32.2. The van der Waals surface area contributed by atoms with E-state index in [1.165, 1.54) is 35.4 Å². The molecule has 0 saturated carbocycles. The highest BCUT2D eigenvalue weighted by Gasteiger charge is 2.35. The highest BCUT2D eigenvalue weighted by Crippen LogP contribution is 2.37. The van der Waals surface area contributed by atoms with Gasteiger partial charge in [0.15, 0.2) is 5.69 Å². The molecule has 12 heteroatoms. The Morgan fingerprint density at radius 2 is 1.62 bits per heavy atom. The van der Waals surface area contributed by atoms with E-state index in [4.69, 9.17) is 11.6 Å². The molecule has 4 aromatic rings. The fourth-order valence-electron chi connectivity index (χ4n) is 4.06. The highest BCUT2D eigenvalue weighted by molar-refractivity contribution is 7.98. The van der Waals surface area contributed by atoms with Crippen LogP contribution in [-0.4, -0.2) is 15.8 Å². The van der Waals surface area contributed by atoms with E-state index >= 15 is 0 Å². The van der Waals surface area contributed by atoms with E-state index < -0.39 is 23.6 Å². The number of hydrogen-bond acceptors (Lipinski definition) is 5. The largest absolute Gasteiger partial charge is 0.434 e. The number of nitrogens with zero attached hydrogens (tertiary/aromatic N) is 3. The number of benzene rings is 3. The van der Waals surface area contributed by atoms with Crippen LogP contribution in [0.3, 0.4) is 0 Å². The fourth-order valence-corrected chi connectivity index (χ4v) is 4.52. The molecular weight excluding hydrogens is 540 g/mol. The number of thioether (sulfide) groups is 1. The van der Waals surface area contributed by atoms with Crippen molar-refractivity contribution in [3.63, 3.8) is 0 Å². The quantitative estimate of drug-likeness (QED) is 0.112. The summed E-state index contributed by atoms with van der Waals surface area (Å²) < 4.78 is 81.7. The van der Waals surface area contributed by atoms with Crippen molar-refractivity contribution >= 4 is 23.1 Å². The average molecular weight is 564 g/mol. The summed E-state index contributed by atoms with van der Waals surface area (Å²) in [4.78, 5) is 4.62. The average Bonchev–Trinajstić information content (AvgIpc) is 3.30. The predicted octanol–water partition coefficient (Wildman–Crippen LogP) is 7.24. The maximum atomic E-state index is 13.4. The summed E-state index contributed by atoms with van der Waals surface area (Å²) in [5, 5.41) is 1.06. The number of nitrogens with two attached hydrogens (primary N) is 2. The molecule has 0 radical (unpaired) electrons. The van der Waals surface area contributed by atoms with Gasteiger partial charge in [-0.05, 0) is 60.7 Å². The Kier molecular flexibility index (Phi) is 7.71. The van der Waals surface area contributed by atoms with Gasteiger partial charge in [0.2, 0.25) is 0 Å². The molecular formula is C27H23F6N5S. The van der Waals surface area contributed by atoms with Crippen molar-refractivity contribution in [3.8, 4) is 16.8 Å². The molecule has 1 heterocycles. The molecule has 0 fully saturated rings. The van der Waals surface area contributed by atoms with Gasteiger partial charge in [-0.2, -0.15) is 26.3 Å². The molecule has 1 aromatic heterocycles. The van der Waals surface area contributed by atoms with E-state index in [0.717, 1.165) is 40.0 Å². The van der Waals surface area contributed by atoms with E-state index in [-0.39, 0.29) is 28.5 Å². The summed E-state index contributed by atoms with van der Waals surface area (Å²) in [6.45, 7) is 1.40. The van der Waals surface area contributed by atoms with E-state index in [9.17, 15) is 26.3 Å². The van der Waals surface area contributed by atoms with Gasteiger partial charge in [-0.25, -0.2) is 10.8 Å². The Labute approximate surface area is 224 Å². The van der Waals surface area contributed by atoms with Gasteiger partial charge in [0.05, 0.1) is 22.6 Å². The number of imidazole rings is 1. The zero-order valence-electron chi connectivity index (χ0n) is 20.7. The number of halogens is 6. The van der Waals surface area contributed by atoms with Crippen LogP contribution < -0.4 is 16.6 Å². The minimum absolute atomic E-state index is 0.00572. The van der Waals surface area contributed by atoms with Gasteiger partial charge < -0.3 is 10.3 Å². The first-order valence-electron chi connectivity index (χ1n) is 11.4. The maximum Gasteiger partial charge on any atom is 0.434 e. The topological polar surface area (TPSA) is 73.1 Å². The number of hydrogen-bond donors (Lipinski definition) is 2. The minimum Gasteiger partial charge on any atom is -0.403 e. The van der Waals surface area contributed by atoms with Gasteiger partial charge in [-0.1, -0.05) is 30.3 Å². The van der Waals surface area contributed by atoms with Gasteiger partial charge in [0.25, 0.3) is 0 Å². The van der Waals surface area contributed by atoms with Crippen molar-refractivity contribution in [2.24, 2.45) is 11.6 Å². The van der Waals surface area contributed by atoms with E-state index in [0.29, 0.717) is 5.56 Å². The Morgan fingerprint density at radius 3 is 2.23 bits per heavy atom. The second-order valence-corrected chi connectivity index (χ2v) is 9.36. The van der Waals surface area contributed by atoms with Crippen LogP contribution in [0.15, 0.2) is 84.0 Å². The molecule has 0 spiro atoms. The van der Waals surface area contributed by atoms with Crippen molar-refractivity contribution in [1.29, 1.82) is 0 Å². The molecule has 0 unspecified atom stereocenters. The van der Waals surface area contributed by atoms with Gasteiger partial charge in [0, 0.05) is 22.9 Å². The third kappa shape index (κ3) is 5.91. The molecule has 204 valence electrons. The van der Waals surface area contributed by atoms with Crippen LogP contribution in [0.5, 0.6) is 0 Å². The number of alkyl halides is 6. The maximum absolute atomic E-state index is 13.4. The van der Waals surface area contributed by atoms with Crippen LogP contribution in [0.1, 0.15) is 22.6 Å². The van der Waals surface area contributed by atoms with E-state index in [1.54, 1.807) is 18.2 Å². The van der Waals surface area contributed by atoms with Gasteiger partial charge >= 0.3 is 12.4 Å². The Balaban J connectivity index is 1.91. The summed E-state index contributed by atoms with van der Waals surface area (Å²) in [6, 6.07) is 16.9. The molecule has 3 aromatic carbocycles. The minimum atomic E-state index is -4.68. The van der Waals surface area contributed by atoms with Crippen molar-refractivity contribution in [2.45, 2.75) is 24.2 Å². The molecule has 4 N–H and O–H groups in total. The lowest BCUT2D eigenvalue weighted by atomic mass is 10.0. The van der Waals surface area contributed by atoms with Crippen molar-refractivity contribution in [2.75, 3.05) is 11.3 Å². The number of aryl methyl sites for hydroxylation is 1. The summed E-state index contributed by atoms with van der Waals surface area (Å²) in [5.41, 5.74) is 5.78. The molecule has 0 amide bonds. The van der Waals surface area contributed by atoms with Crippen LogP contribution >= 0.6 is 11.8 Å². The monoisotopic (exact) mass is 563 g/mol. The standard InChI is InChI=1S/C27H23F6N5S/c1-16-36-25(27(31,32)33)15-37(16)22-10-9-18(17-5-4-8-21(12-17)39-2)13-23(22)38(35)24(14-34)19-6-3-7-20(11-19)26(28,29)30/h3-15H,34-35H2,1-2H3/b24-14-. The molecule has 0 aliphatic carbocycles. The third-order valence-corrected chi connectivity index (χ3v) is 6.70. The molecule has 0 saturated heterocycles. The van der Waals surface area contributed by atoms with Crippen LogP contribution in [0.4, 0.5) is 32.0 Å². The Hall–Kier alpha value is -3.90. The normalized spacial score (nSPS) is 12.6. The second kappa shape index (κ2) is 10.7. The van der Waals surface area contributed by atoms with Crippen LogP contribution in [-0.2, 0) is 12.4 Å². The van der Waals surface area contributed by atoms with E-state index in [2.05, 4.69) is 4.98 Å². The Bertz CT molecular complexity index is 1520. The van der Waals surface area contributed by atoms with Crippen LogP contribution in [0, 0.1) is 6.92 Å². The molecule has 0 aliphatic heterocycles. The van der Waals surface area contributed by atoms with Gasteiger partial charge in [-0.3, -0.25) is 5.01 Å². The SMILES string of the molecule is CSc1cccc(-c2ccc(-n3cc(C(F)(F)F)nc3C)c(N(N)/C(=C\N)c3cccc(C(F)(F)F)c3)c2)c1. The molecule has 0 atom stereocenters. The molecule has 4 rings (SSSR count). The van der Waals surface area contributed by atoms with E-state index in [1.807, 2.05) is 30.5 Å². The smallest absolute Gasteiger partial charge is 0.403 e. The third-order valence-electron chi connectivity index (χ3n) is 5.97. The molecule has 0 aliphatic rings. The predicted molar refractivity (Wildman–Crippen MR) is 141 cm³/mol. The van der Waals surface area contributed by atoms with Gasteiger partial charge in [-0.15, -0.1) is 11.8 Å². The zero-order chi connectivity index (χ0) is 28.5. The molecule has 5 nitrogen and oxygen atoms in total. The van der Waals surface area contributed by atoms with Crippen LogP contribution in [0.25, 0.3) is 22.5 Å². The summed E-state index contributed by atoms with van der Waals surface area (Å²) >= 11 is 1.53. The number of anilines is 1. The fraction of sp³-hybridized carbons (Fsp3) is 0.148. The number of hydrazine groups is 1. The summed E-state index contributed by atoms with van der Waals surface area (Å²) in [6.07, 6.45) is -5.49.